The average Bonchev–Trinajstić information content (AvgIpc) is 1.98. The van der Waals surface area contributed by atoms with Crippen LogP contribution in [-0.2, 0) is 4.79 Å². The van der Waals surface area contributed by atoms with Gasteiger partial charge in [0.15, 0.2) is 0 Å². The number of likely N-dealkylation sites (tertiary alicyclic amines) is 1. The third-order valence-electron chi connectivity index (χ3n) is 1.20. The third-order valence-corrected chi connectivity index (χ3v) is 1.97. The number of carbonyl (C=O) groups excluding carboxylic acids is 1. The fourth-order valence-electron chi connectivity index (χ4n) is 0.662. The summed E-state index contributed by atoms with van der Waals surface area (Å²) in [6, 6.07) is 0. The molecule has 0 spiro atoms. The normalized spacial score (nSPS) is 29.5. The number of hydrogen-bond donors (Lipinski definition) is 0. The molecule has 2 nitrogen and oxygen atoms in total. The molecule has 0 aromatic heterocycles. The second-order valence-electron chi connectivity index (χ2n) is 1.83. The average molecular weight is 177 g/mol. The van der Waals surface area contributed by atoms with Crippen molar-refractivity contribution in [3.8, 4) is 0 Å². The Bertz CT molecular complexity index is 103. The number of rotatable bonds is 0. The molecule has 1 rings (SSSR count). The largest absolute Gasteiger partial charge is 0.340 e. The van der Waals surface area contributed by atoms with Crippen molar-refractivity contribution in [1.82, 2.24) is 4.90 Å². The van der Waals surface area contributed by atoms with Gasteiger partial charge in [0.05, 0.1) is 11.4 Å². The van der Waals surface area contributed by atoms with Crippen molar-refractivity contribution in [2.24, 2.45) is 0 Å². The highest BCUT2D eigenvalue weighted by molar-refractivity contribution is 9.10. The fraction of sp³-hybridized carbons (Fsp3) is 0.600. The Morgan fingerprint density at radius 2 is 2.62 bits per heavy atom. The lowest BCUT2D eigenvalue weighted by molar-refractivity contribution is -0.125. The minimum absolute atomic E-state index is 0.0347. The molecule has 3 heteroatoms. The Labute approximate surface area is 57.0 Å². The molecular formula is C5H7BrNO. The maximum atomic E-state index is 10.8. The summed E-state index contributed by atoms with van der Waals surface area (Å²) in [6.45, 7) is 1.88. The lowest BCUT2D eigenvalue weighted by atomic mass is 10.4. The van der Waals surface area contributed by atoms with Crippen molar-refractivity contribution in [3.05, 3.63) is 6.54 Å². The SMILES string of the molecule is CN1[CH]CC(Br)C1=O. The van der Waals surface area contributed by atoms with E-state index < -0.39 is 0 Å². The number of nitrogens with zero attached hydrogens (tertiary/aromatic N) is 1. The van der Waals surface area contributed by atoms with Crippen LogP contribution in [0.3, 0.4) is 0 Å². The van der Waals surface area contributed by atoms with Crippen LogP contribution in [0, 0.1) is 6.54 Å². The Hall–Kier alpha value is -0.0500. The van der Waals surface area contributed by atoms with Gasteiger partial charge in [-0.2, -0.15) is 0 Å². The van der Waals surface area contributed by atoms with Crippen molar-refractivity contribution in [2.45, 2.75) is 11.2 Å². The zero-order chi connectivity index (χ0) is 6.15. The van der Waals surface area contributed by atoms with Gasteiger partial charge in [-0.15, -0.1) is 0 Å². The quantitative estimate of drug-likeness (QED) is 0.500. The number of amides is 1. The second kappa shape index (κ2) is 2.05. The van der Waals surface area contributed by atoms with Crippen LogP contribution < -0.4 is 0 Å². The van der Waals surface area contributed by atoms with Crippen LogP contribution in [0.5, 0.6) is 0 Å². The summed E-state index contributed by atoms with van der Waals surface area (Å²) in [5, 5.41) is 0. The van der Waals surface area contributed by atoms with E-state index in [1.54, 1.807) is 11.9 Å². The molecule has 45 valence electrons. The maximum absolute atomic E-state index is 10.8. The summed E-state index contributed by atoms with van der Waals surface area (Å²) in [7, 11) is 1.77. The first-order chi connectivity index (χ1) is 3.72. The van der Waals surface area contributed by atoms with Gasteiger partial charge < -0.3 is 4.90 Å². The summed E-state index contributed by atoms with van der Waals surface area (Å²) >= 11 is 3.22. The molecule has 1 aliphatic heterocycles. The maximum Gasteiger partial charge on any atom is 0.236 e. The standard InChI is InChI=1S/C5H7BrNO/c1-7-3-2-4(6)5(7)8/h3-4H,2H2,1H3. The van der Waals surface area contributed by atoms with E-state index in [9.17, 15) is 4.79 Å². The number of hydrogen-bond acceptors (Lipinski definition) is 1. The number of carbonyl (C=O) groups is 1. The Morgan fingerprint density at radius 1 is 2.00 bits per heavy atom. The summed E-state index contributed by atoms with van der Waals surface area (Å²) < 4.78 is 0. The zero-order valence-electron chi connectivity index (χ0n) is 4.60. The molecule has 1 fully saturated rings. The van der Waals surface area contributed by atoms with E-state index in [2.05, 4.69) is 15.9 Å². The highest BCUT2D eigenvalue weighted by Crippen LogP contribution is 2.19. The third kappa shape index (κ3) is 0.869. The fourth-order valence-corrected chi connectivity index (χ4v) is 1.15. The van der Waals surface area contributed by atoms with Gasteiger partial charge in [-0.3, -0.25) is 4.79 Å². The van der Waals surface area contributed by atoms with Crippen molar-refractivity contribution in [1.29, 1.82) is 0 Å². The predicted molar refractivity (Wildman–Crippen MR) is 34.4 cm³/mol. The summed E-state index contributed by atoms with van der Waals surface area (Å²) in [4.78, 5) is 12.4. The van der Waals surface area contributed by atoms with Gasteiger partial charge in [0.25, 0.3) is 0 Å². The molecule has 1 amide bonds. The van der Waals surface area contributed by atoms with Gasteiger partial charge in [0.2, 0.25) is 5.91 Å². The van der Waals surface area contributed by atoms with Crippen LogP contribution in [0.25, 0.3) is 0 Å². The summed E-state index contributed by atoms with van der Waals surface area (Å²) in [6.07, 6.45) is 0.829. The second-order valence-corrected chi connectivity index (χ2v) is 2.94. The molecule has 8 heavy (non-hydrogen) atoms. The van der Waals surface area contributed by atoms with Crippen molar-refractivity contribution in [2.75, 3.05) is 7.05 Å². The van der Waals surface area contributed by atoms with E-state index >= 15 is 0 Å². The Balaban J connectivity index is 2.57. The molecule has 0 saturated carbocycles. The Kier molecular flexibility index (Phi) is 1.56. The molecule has 0 aromatic rings. The number of halogens is 1. The van der Waals surface area contributed by atoms with E-state index in [1.165, 1.54) is 0 Å². The molecule has 0 bridgehead atoms. The van der Waals surface area contributed by atoms with E-state index in [0.717, 1.165) is 6.42 Å². The highest BCUT2D eigenvalue weighted by atomic mass is 79.9. The monoisotopic (exact) mass is 176 g/mol. The Morgan fingerprint density at radius 3 is 2.75 bits per heavy atom. The minimum Gasteiger partial charge on any atom is -0.340 e. The van der Waals surface area contributed by atoms with Crippen molar-refractivity contribution in [3.63, 3.8) is 0 Å². The van der Waals surface area contributed by atoms with Crippen LogP contribution in [-0.4, -0.2) is 22.7 Å². The topological polar surface area (TPSA) is 20.3 Å². The first kappa shape index (κ1) is 6.08. The molecule has 1 atom stereocenters. The van der Waals surface area contributed by atoms with Crippen LogP contribution in [0.1, 0.15) is 6.42 Å². The molecule has 0 aliphatic carbocycles. The molecule has 1 saturated heterocycles. The molecule has 1 aliphatic rings. The van der Waals surface area contributed by atoms with Gasteiger partial charge in [0.1, 0.15) is 0 Å². The van der Waals surface area contributed by atoms with Crippen LogP contribution >= 0.6 is 15.9 Å². The predicted octanol–water partition coefficient (Wildman–Crippen LogP) is 0.774. The smallest absolute Gasteiger partial charge is 0.236 e. The van der Waals surface area contributed by atoms with E-state index in [1.807, 2.05) is 6.54 Å². The molecule has 1 radical (unpaired) electrons. The molecule has 1 heterocycles. The van der Waals surface area contributed by atoms with Crippen LogP contribution in [0.2, 0.25) is 0 Å². The van der Waals surface area contributed by atoms with E-state index in [-0.39, 0.29) is 10.7 Å². The van der Waals surface area contributed by atoms with E-state index in [0.29, 0.717) is 0 Å². The lowest BCUT2D eigenvalue weighted by Crippen LogP contribution is -2.20. The van der Waals surface area contributed by atoms with Gasteiger partial charge in [0, 0.05) is 7.05 Å². The van der Waals surface area contributed by atoms with Gasteiger partial charge in [-0.25, -0.2) is 0 Å². The van der Waals surface area contributed by atoms with Gasteiger partial charge in [-0.1, -0.05) is 15.9 Å². The van der Waals surface area contributed by atoms with Gasteiger partial charge >= 0.3 is 0 Å². The first-order valence-corrected chi connectivity index (χ1v) is 3.37. The van der Waals surface area contributed by atoms with Crippen molar-refractivity contribution >= 4 is 21.8 Å². The van der Waals surface area contributed by atoms with Crippen LogP contribution in [0.4, 0.5) is 0 Å². The highest BCUT2D eigenvalue weighted by Gasteiger charge is 2.26. The lowest BCUT2D eigenvalue weighted by Gasteiger charge is -2.04. The van der Waals surface area contributed by atoms with Crippen molar-refractivity contribution < 1.29 is 4.79 Å². The van der Waals surface area contributed by atoms with Gasteiger partial charge in [-0.05, 0) is 6.42 Å². The van der Waals surface area contributed by atoms with E-state index in [4.69, 9.17) is 0 Å². The zero-order valence-corrected chi connectivity index (χ0v) is 6.18. The molecule has 1 unspecified atom stereocenters. The molecular weight excluding hydrogens is 170 g/mol. The molecule has 0 aromatic carbocycles. The summed E-state index contributed by atoms with van der Waals surface area (Å²) in [5.74, 6) is 0.157. The summed E-state index contributed by atoms with van der Waals surface area (Å²) in [5.41, 5.74) is 0. The van der Waals surface area contributed by atoms with Crippen LogP contribution in [0.15, 0.2) is 0 Å². The first-order valence-electron chi connectivity index (χ1n) is 2.46. The molecule has 0 N–H and O–H groups in total. The minimum atomic E-state index is 0.0347. The number of alkyl halides is 1.